The molecule has 8 heteroatoms. The number of nitrogens with one attached hydrogen (secondary N) is 1. The van der Waals surface area contributed by atoms with Crippen molar-refractivity contribution in [3.8, 4) is 5.75 Å². The summed E-state index contributed by atoms with van der Waals surface area (Å²) in [5, 5.41) is 19.9. The number of aromatic hydroxyl groups is 1. The zero-order chi connectivity index (χ0) is 21.2. The Morgan fingerprint density at radius 1 is 1.10 bits per heavy atom. The molecule has 0 aromatic heterocycles. The Labute approximate surface area is 173 Å². The van der Waals surface area contributed by atoms with Gasteiger partial charge in [0.2, 0.25) is 0 Å². The van der Waals surface area contributed by atoms with E-state index in [2.05, 4.69) is 4.72 Å². The highest BCUT2D eigenvalue weighted by Gasteiger charge is 2.21. The summed E-state index contributed by atoms with van der Waals surface area (Å²) in [6.07, 6.45) is 0.804. The maximum absolute atomic E-state index is 12.9. The van der Waals surface area contributed by atoms with Crippen molar-refractivity contribution in [3.05, 3.63) is 60.2 Å². The van der Waals surface area contributed by atoms with E-state index < -0.39 is 21.2 Å². The monoisotopic (exact) mass is 431 g/mol. The fourth-order valence-corrected chi connectivity index (χ4v) is 4.82. The van der Waals surface area contributed by atoms with E-state index in [1.807, 2.05) is 6.92 Å². The van der Waals surface area contributed by atoms with Crippen LogP contribution in [0.4, 0.5) is 5.69 Å². The van der Waals surface area contributed by atoms with E-state index >= 15 is 0 Å². The van der Waals surface area contributed by atoms with Crippen molar-refractivity contribution in [2.24, 2.45) is 0 Å². The van der Waals surface area contributed by atoms with Crippen LogP contribution in [0.2, 0.25) is 0 Å². The zero-order valence-electron chi connectivity index (χ0n) is 15.9. The maximum atomic E-state index is 12.9. The Balaban J connectivity index is 2.07. The van der Waals surface area contributed by atoms with Gasteiger partial charge in [0, 0.05) is 10.8 Å². The quantitative estimate of drug-likeness (QED) is 0.377. The number of carboxylic acids is 1. The molecular weight excluding hydrogens is 410 g/mol. The number of phenolic OH excluding ortho intramolecular Hbond substituents is 1. The van der Waals surface area contributed by atoms with E-state index in [4.69, 9.17) is 0 Å². The molecular formula is C21H21NO5S2. The third-order valence-corrected chi connectivity index (χ3v) is 7.02. The third kappa shape index (κ3) is 4.49. The van der Waals surface area contributed by atoms with Crippen molar-refractivity contribution in [2.75, 3.05) is 4.72 Å². The molecule has 6 nitrogen and oxygen atoms in total. The molecule has 1 atom stereocenters. The number of thioether (sulfide) groups is 1. The summed E-state index contributed by atoms with van der Waals surface area (Å²) in [7, 11) is -3.86. The first-order chi connectivity index (χ1) is 13.7. The first-order valence-corrected chi connectivity index (χ1v) is 11.3. The minimum atomic E-state index is -3.86. The predicted octanol–water partition coefficient (Wildman–Crippen LogP) is 4.47. The van der Waals surface area contributed by atoms with Crippen LogP contribution in [-0.4, -0.2) is 29.9 Å². The molecule has 3 aromatic rings. The number of hydrogen-bond donors (Lipinski definition) is 3. The number of aliphatic carboxylic acids is 1. The summed E-state index contributed by atoms with van der Waals surface area (Å²) in [6, 6.07) is 14.9. The van der Waals surface area contributed by atoms with Gasteiger partial charge in [-0.15, -0.1) is 11.8 Å². The number of fused-ring (bicyclic) bond motifs is 1. The SMILES string of the molecule is CCc1ccc(S(=O)(=O)Nc2cc(S[C@H](C)C(=O)O)c(O)c3ccccc23)cc1. The highest BCUT2D eigenvalue weighted by molar-refractivity contribution is 8.00. The maximum Gasteiger partial charge on any atom is 0.316 e. The third-order valence-electron chi connectivity index (χ3n) is 4.52. The van der Waals surface area contributed by atoms with Crippen molar-refractivity contribution in [1.29, 1.82) is 0 Å². The zero-order valence-corrected chi connectivity index (χ0v) is 17.5. The molecule has 0 fully saturated rings. The molecule has 3 aromatic carbocycles. The minimum Gasteiger partial charge on any atom is -0.506 e. The van der Waals surface area contributed by atoms with E-state index in [-0.39, 0.29) is 21.2 Å². The molecule has 0 radical (unpaired) electrons. The molecule has 0 unspecified atom stereocenters. The molecule has 0 bridgehead atoms. The van der Waals surface area contributed by atoms with Crippen LogP contribution in [0, 0.1) is 0 Å². The summed E-state index contributed by atoms with van der Waals surface area (Å²) in [5.41, 5.74) is 1.30. The van der Waals surface area contributed by atoms with Gasteiger partial charge in [0.15, 0.2) is 0 Å². The smallest absolute Gasteiger partial charge is 0.316 e. The van der Waals surface area contributed by atoms with Crippen LogP contribution in [0.3, 0.4) is 0 Å². The second-order valence-electron chi connectivity index (χ2n) is 6.52. The number of hydrogen-bond acceptors (Lipinski definition) is 5. The molecule has 0 aliphatic carbocycles. The van der Waals surface area contributed by atoms with Crippen molar-refractivity contribution in [2.45, 2.75) is 35.3 Å². The molecule has 0 amide bonds. The summed E-state index contributed by atoms with van der Waals surface area (Å²) in [6.45, 7) is 3.49. The molecule has 29 heavy (non-hydrogen) atoms. The number of benzene rings is 3. The number of aryl methyl sites for hydroxylation is 1. The number of anilines is 1. The summed E-state index contributed by atoms with van der Waals surface area (Å²) in [4.78, 5) is 11.6. The van der Waals surface area contributed by atoms with Crippen LogP contribution in [0.15, 0.2) is 64.4 Å². The fourth-order valence-electron chi connectivity index (χ4n) is 2.86. The first kappa shape index (κ1) is 21.0. The largest absolute Gasteiger partial charge is 0.506 e. The van der Waals surface area contributed by atoms with Crippen LogP contribution in [0.25, 0.3) is 10.8 Å². The molecule has 0 aliphatic heterocycles. The molecule has 0 heterocycles. The van der Waals surface area contributed by atoms with Crippen molar-refractivity contribution >= 4 is 44.2 Å². The van der Waals surface area contributed by atoms with Crippen molar-refractivity contribution in [1.82, 2.24) is 0 Å². The van der Waals surface area contributed by atoms with Crippen LogP contribution in [-0.2, 0) is 21.2 Å². The Morgan fingerprint density at radius 3 is 2.31 bits per heavy atom. The molecule has 152 valence electrons. The fraction of sp³-hybridized carbons (Fsp3) is 0.190. The van der Waals surface area contributed by atoms with E-state index in [1.165, 1.54) is 13.0 Å². The second kappa shape index (κ2) is 8.34. The number of carboxylic acid groups (broad SMARTS) is 1. The minimum absolute atomic E-state index is 0.0750. The number of rotatable bonds is 7. The van der Waals surface area contributed by atoms with Crippen LogP contribution in [0.1, 0.15) is 19.4 Å². The number of carbonyl (C=O) groups is 1. The Kier molecular flexibility index (Phi) is 6.04. The Bertz CT molecular complexity index is 1160. The normalized spacial score (nSPS) is 12.6. The van der Waals surface area contributed by atoms with Gasteiger partial charge in [-0.3, -0.25) is 9.52 Å². The van der Waals surface area contributed by atoms with Gasteiger partial charge in [-0.1, -0.05) is 43.3 Å². The lowest BCUT2D eigenvalue weighted by molar-refractivity contribution is -0.136. The van der Waals surface area contributed by atoms with Gasteiger partial charge < -0.3 is 10.2 Å². The Hall–Kier alpha value is -2.71. The van der Waals surface area contributed by atoms with E-state index in [9.17, 15) is 23.4 Å². The van der Waals surface area contributed by atoms with Crippen LogP contribution < -0.4 is 4.72 Å². The van der Waals surface area contributed by atoms with Gasteiger partial charge in [0.05, 0.1) is 15.5 Å². The summed E-state index contributed by atoms with van der Waals surface area (Å²) < 4.78 is 28.4. The lowest BCUT2D eigenvalue weighted by atomic mass is 10.1. The summed E-state index contributed by atoms with van der Waals surface area (Å²) >= 11 is 0.950. The van der Waals surface area contributed by atoms with Gasteiger partial charge in [-0.2, -0.15) is 0 Å². The second-order valence-corrected chi connectivity index (χ2v) is 9.58. The molecule has 0 saturated heterocycles. The van der Waals surface area contributed by atoms with Gasteiger partial charge >= 0.3 is 5.97 Å². The van der Waals surface area contributed by atoms with Crippen molar-refractivity contribution in [3.63, 3.8) is 0 Å². The van der Waals surface area contributed by atoms with Gasteiger partial charge in [-0.05, 0) is 37.1 Å². The first-order valence-electron chi connectivity index (χ1n) is 8.99. The highest BCUT2D eigenvalue weighted by Crippen LogP contribution is 2.41. The molecule has 0 saturated carbocycles. The van der Waals surface area contributed by atoms with Gasteiger partial charge in [-0.25, -0.2) is 8.42 Å². The average Bonchev–Trinajstić information content (AvgIpc) is 2.71. The Morgan fingerprint density at radius 2 is 1.72 bits per heavy atom. The van der Waals surface area contributed by atoms with Crippen LogP contribution in [0.5, 0.6) is 5.75 Å². The molecule has 3 rings (SSSR count). The molecule has 3 N–H and O–H groups in total. The van der Waals surface area contributed by atoms with E-state index in [0.29, 0.717) is 10.8 Å². The van der Waals surface area contributed by atoms with E-state index in [0.717, 1.165) is 23.7 Å². The predicted molar refractivity (Wildman–Crippen MR) is 115 cm³/mol. The molecule has 0 spiro atoms. The average molecular weight is 432 g/mol. The lowest BCUT2D eigenvalue weighted by Crippen LogP contribution is -2.14. The lowest BCUT2D eigenvalue weighted by Gasteiger charge is -2.16. The summed E-state index contributed by atoms with van der Waals surface area (Å²) in [5.74, 6) is -1.10. The highest BCUT2D eigenvalue weighted by atomic mass is 32.2. The number of phenols is 1. The number of sulfonamides is 1. The van der Waals surface area contributed by atoms with Crippen LogP contribution >= 0.6 is 11.8 Å². The van der Waals surface area contributed by atoms with Gasteiger partial charge in [0.25, 0.3) is 10.0 Å². The topological polar surface area (TPSA) is 104 Å². The van der Waals surface area contributed by atoms with Gasteiger partial charge in [0.1, 0.15) is 11.0 Å². The standard InChI is InChI=1S/C21H21NO5S2/c1-3-14-8-10-15(11-9-14)29(26,27)22-18-12-19(28-13(2)21(24)25)20(23)17-7-5-4-6-16(17)18/h4-13,22-23H,3H2,1-2H3,(H,24,25)/t13-/m1/s1. The molecule has 0 aliphatic rings. The van der Waals surface area contributed by atoms with Crippen molar-refractivity contribution < 1.29 is 23.4 Å². The van der Waals surface area contributed by atoms with E-state index in [1.54, 1.807) is 48.5 Å².